The van der Waals surface area contributed by atoms with E-state index < -0.39 is 59.3 Å². The van der Waals surface area contributed by atoms with Gasteiger partial charge in [0, 0.05) is 6.54 Å². The Morgan fingerprint density at radius 1 is 1.10 bits per heavy atom. The lowest BCUT2D eigenvalue weighted by Gasteiger charge is -2.40. The van der Waals surface area contributed by atoms with Gasteiger partial charge in [-0.15, -0.1) is 0 Å². The van der Waals surface area contributed by atoms with Crippen molar-refractivity contribution in [2.45, 2.75) is 71.4 Å². The number of nitrogens with zero attached hydrogens (tertiary/aromatic N) is 4. The van der Waals surface area contributed by atoms with Crippen molar-refractivity contribution in [3.8, 4) is 11.4 Å². The zero-order valence-corrected chi connectivity index (χ0v) is 23.3. The van der Waals surface area contributed by atoms with Gasteiger partial charge in [0.25, 0.3) is 12.3 Å². The Bertz CT molecular complexity index is 1390. The highest BCUT2D eigenvalue weighted by atomic mass is 19.4. The van der Waals surface area contributed by atoms with Gasteiger partial charge in [-0.1, -0.05) is 32.9 Å². The summed E-state index contributed by atoms with van der Waals surface area (Å²) in [5, 5.41) is 14.5. The molecule has 0 fully saturated rings. The summed E-state index contributed by atoms with van der Waals surface area (Å²) in [6, 6.07) is 4.21. The quantitative estimate of drug-likeness (QED) is 0.296. The van der Waals surface area contributed by atoms with Crippen LogP contribution in [0, 0.1) is 17.0 Å². The lowest BCUT2D eigenvalue weighted by Crippen LogP contribution is -2.48. The van der Waals surface area contributed by atoms with Gasteiger partial charge >= 0.3 is 6.18 Å². The standard InChI is InChI=1S/C28H32F7N5O2/c1-15(41)26(42)39(11-10-21(36)23(31)32)22(27(2,3)4)25-37-24(19-13-18(29)8-9-20(19)30)38-40(25)14-16-6-5-7-17(12-16)28(33,34)35/h5-9,12-13,15,21-23,41H,10-11,14,36H2,1-4H3/t15-,21-,22-/m0/s1. The summed E-state index contributed by atoms with van der Waals surface area (Å²) in [6.07, 6.45) is -9.48. The van der Waals surface area contributed by atoms with Gasteiger partial charge in [-0.3, -0.25) is 4.79 Å². The topological polar surface area (TPSA) is 97.3 Å². The van der Waals surface area contributed by atoms with Crippen molar-refractivity contribution in [1.29, 1.82) is 0 Å². The zero-order valence-electron chi connectivity index (χ0n) is 23.3. The zero-order chi connectivity index (χ0) is 31.6. The van der Waals surface area contributed by atoms with Gasteiger partial charge in [-0.2, -0.15) is 18.3 Å². The molecule has 2 aromatic carbocycles. The molecule has 0 spiro atoms. The number of halogens is 7. The summed E-state index contributed by atoms with van der Waals surface area (Å²) in [6.45, 7) is 5.54. The molecule has 0 aliphatic rings. The van der Waals surface area contributed by atoms with Crippen molar-refractivity contribution in [1.82, 2.24) is 19.7 Å². The first-order chi connectivity index (χ1) is 19.4. The van der Waals surface area contributed by atoms with Gasteiger partial charge in [0.15, 0.2) is 11.6 Å². The maximum absolute atomic E-state index is 14.8. The number of hydrogen-bond acceptors (Lipinski definition) is 5. The fourth-order valence-corrected chi connectivity index (χ4v) is 4.49. The number of nitrogens with two attached hydrogens (primary N) is 1. The van der Waals surface area contributed by atoms with Crippen LogP contribution in [0.1, 0.15) is 57.1 Å². The molecule has 42 heavy (non-hydrogen) atoms. The molecule has 230 valence electrons. The molecule has 1 amide bonds. The van der Waals surface area contributed by atoms with Crippen LogP contribution in [0.15, 0.2) is 42.5 Å². The van der Waals surface area contributed by atoms with Gasteiger partial charge < -0.3 is 15.7 Å². The van der Waals surface area contributed by atoms with E-state index >= 15 is 0 Å². The Morgan fingerprint density at radius 3 is 2.33 bits per heavy atom. The predicted molar refractivity (Wildman–Crippen MR) is 140 cm³/mol. The van der Waals surface area contributed by atoms with Crippen LogP contribution in [0.3, 0.4) is 0 Å². The predicted octanol–water partition coefficient (Wildman–Crippen LogP) is 5.57. The average Bonchev–Trinajstić information content (AvgIpc) is 3.28. The van der Waals surface area contributed by atoms with Crippen molar-refractivity contribution in [2.24, 2.45) is 11.1 Å². The lowest BCUT2D eigenvalue weighted by molar-refractivity contribution is -0.145. The molecule has 3 N–H and O–H groups in total. The van der Waals surface area contributed by atoms with Crippen molar-refractivity contribution < 1.29 is 40.6 Å². The number of benzene rings is 2. The molecule has 0 saturated heterocycles. The Morgan fingerprint density at radius 2 is 1.76 bits per heavy atom. The maximum atomic E-state index is 14.8. The minimum Gasteiger partial charge on any atom is -0.384 e. The van der Waals surface area contributed by atoms with Crippen LogP contribution in [-0.4, -0.2) is 55.8 Å². The van der Waals surface area contributed by atoms with E-state index in [-0.39, 0.29) is 42.3 Å². The van der Waals surface area contributed by atoms with Gasteiger partial charge in [0.1, 0.15) is 17.7 Å². The molecule has 0 aliphatic heterocycles. The number of aromatic nitrogens is 3. The van der Waals surface area contributed by atoms with Crippen LogP contribution >= 0.6 is 0 Å². The van der Waals surface area contributed by atoms with Gasteiger partial charge in [-0.25, -0.2) is 27.2 Å². The highest BCUT2D eigenvalue weighted by molar-refractivity contribution is 5.80. The molecule has 0 radical (unpaired) electrons. The fourth-order valence-electron chi connectivity index (χ4n) is 4.49. The molecule has 0 saturated carbocycles. The second kappa shape index (κ2) is 12.8. The fraction of sp³-hybridized carbons (Fsp3) is 0.464. The third-order valence-electron chi connectivity index (χ3n) is 6.50. The smallest absolute Gasteiger partial charge is 0.384 e. The van der Waals surface area contributed by atoms with Crippen molar-refractivity contribution in [3.05, 3.63) is 71.1 Å². The largest absolute Gasteiger partial charge is 0.416 e. The van der Waals surface area contributed by atoms with Crippen LogP contribution < -0.4 is 5.73 Å². The first-order valence-electron chi connectivity index (χ1n) is 13.0. The number of aliphatic hydroxyl groups is 1. The summed E-state index contributed by atoms with van der Waals surface area (Å²) < 4.78 is 96.7. The van der Waals surface area contributed by atoms with Gasteiger partial charge in [-0.05, 0) is 54.7 Å². The summed E-state index contributed by atoms with van der Waals surface area (Å²) >= 11 is 0. The SMILES string of the molecule is C[C@H](O)C(=O)N(CC[C@H](N)C(F)F)[C@@H](c1nc(-c2cc(F)ccc2F)nn1Cc1cccc(C(F)(F)F)c1)C(C)(C)C. The van der Waals surface area contributed by atoms with E-state index in [1.165, 1.54) is 19.1 Å². The monoisotopic (exact) mass is 603 g/mol. The minimum atomic E-state index is -4.64. The number of amides is 1. The number of hydrogen-bond donors (Lipinski definition) is 2. The molecule has 0 unspecified atom stereocenters. The minimum absolute atomic E-state index is 0.0572. The average molecular weight is 604 g/mol. The second-order valence-electron chi connectivity index (χ2n) is 11.0. The van der Waals surface area contributed by atoms with Crippen LogP contribution in [0.2, 0.25) is 0 Å². The molecule has 7 nitrogen and oxygen atoms in total. The summed E-state index contributed by atoms with van der Waals surface area (Å²) in [4.78, 5) is 18.8. The van der Waals surface area contributed by atoms with Crippen molar-refractivity contribution in [3.63, 3.8) is 0 Å². The molecule has 14 heteroatoms. The Labute approximate surface area is 238 Å². The van der Waals surface area contributed by atoms with E-state index in [9.17, 15) is 40.6 Å². The maximum Gasteiger partial charge on any atom is 0.416 e. The Kier molecular flexibility index (Phi) is 10.0. The Hall–Kier alpha value is -3.52. The van der Waals surface area contributed by atoms with E-state index in [4.69, 9.17) is 5.73 Å². The molecule has 0 aliphatic carbocycles. The first-order valence-corrected chi connectivity index (χ1v) is 13.0. The van der Waals surface area contributed by atoms with E-state index in [1.807, 2.05) is 0 Å². The third kappa shape index (κ3) is 7.85. The number of carbonyl (C=O) groups excluding carboxylic acids is 1. The van der Waals surface area contributed by atoms with Crippen LogP contribution in [0.5, 0.6) is 0 Å². The highest BCUT2D eigenvalue weighted by Gasteiger charge is 2.40. The molecule has 3 atom stereocenters. The van der Waals surface area contributed by atoms with E-state index in [2.05, 4.69) is 10.1 Å². The summed E-state index contributed by atoms with van der Waals surface area (Å²) in [5.41, 5.74) is 3.43. The van der Waals surface area contributed by atoms with Crippen LogP contribution in [0.25, 0.3) is 11.4 Å². The van der Waals surface area contributed by atoms with Gasteiger partial charge in [0.05, 0.1) is 29.8 Å². The number of aliphatic hydroxyl groups excluding tert-OH is 1. The first kappa shape index (κ1) is 33.0. The van der Waals surface area contributed by atoms with Gasteiger partial charge in [0.2, 0.25) is 0 Å². The van der Waals surface area contributed by atoms with Crippen molar-refractivity contribution >= 4 is 5.91 Å². The van der Waals surface area contributed by atoms with Crippen molar-refractivity contribution in [2.75, 3.05) is 6.54 Å². The molecular formula is C28H32F7N5O2. The van der Waals surface area contributed by atoms with Crippen LogP contribution in [0.4, 0.5) is 30.7 Å². The number of alkyl halides is 5. The molecular weight excluding hydrogens is 571 g/mol. The van der Waals surface area contributed by atoms with E-state index in [1.54, 1.807) is 20.8 Å². The summed E-state index contributed by atoms with van der Waals surface area (Å²) in [7, 11) is 0. The van der Waals surface area contributed by atoms with E-state index in [0.717, 1.165) is 39.9 Å². The molecule has 0 bridgehead atoms. The summed E-state index contributed by atoms with van der Waals surface area (Å²) in [5.74, 6) is -2.92. The normalized spacial score (nSPS) is 14.6. The lowest BCUT2D eigenvalue weighted by atomic mass is 9.84. The molecule has 1 aromatic heterocycles. The molecule has 3 rings (SSSR count). The number of rotatable bonds is 10. The highest BCUT2D eigenvalue weighted by Crippen LogP contribution is 2.39. The number of carbonyl (C=O) groups is 1. The third-order valence-corrected chi connectivity index (χ3v) is 6.50. The molecule has 1 heterocycles. The van der Waals surface area contributed by atoms with E-state index in [0.29, 0.717) is 0 Å². The second-order valence-corrected chi connectivity index (χ2v) is 11.0. The van der Waals surface area contributed by atoms with Crippen LogP contribution in [-0.2, 0) is 17.5 Å². The molecule has 3 aromatic rings. The Balaban J connectivity index is 2.24.